The zero-order chi connectivity index (χ0) is 37.0. The van der Waals surface area contributed by atoms with Gasteiger partial charge in [-0.3, -0.25) is 4.57 Å². The van der Waals surface area contributed by atoms with Crippen molar-refractivity contribution < 1.29 is 0 Å². The number of hydrogen-bond donors (Lipinski definition) is 1. The van der Waals surface area contributed by atoms with Crippen molar-refractivity contribution in [3.8, 4) is 39.1 Å². The summed E-state index contributed by atoms with van der Waals surface area (Å²) in [5, 5.41) is 8.62. The summed E-state index contributed by atoms with van der Waals surface area (Å²) in [4.78, 5) is 5.12. The van der Waals surface area contributed by atoms with E-state index in [1.807, 2.05) is 6.20 Å². The van der Waals surface area contributed by atoms with Crippen molar-refractivity contribution in [3.63, 3.8) is 0 Å². The lowest BCUT2D eigenvalue weighted by Gasteiger charge is -2.21. The number of nitrogens with one attached hydrogen (secondary N) is 1. The highest BCUT2D eigenvalue weighted by molar-refractivity contribution is 6.16. The summed E-state index contributed by atoms with van der Waals surface area (Å²) < 4.78 is 4.64. The Morgan fingerprint density at radius 1 is 0.375 bits per heavy atom. The molecule has 0 bridgehead atoms. The lowest BCUT2D eigenvalue weighted by Crippen LogP contribution is -2.33. The SMILES string of the molecule is C1=C(c2ccccc2-c2ccccc2-c2ccccc2)CNC(n2c3ccccc3c3cc(-c4ccc5c(c4)c4ccccc4n5-c4ccccc4)ccc32)=N1. The molecule has 4 nitrogen and oxygen atoms in total. The summed E-state index contributed by atoms with van der Waals surface area (Å²) in [6, 6.07) is 69.7. The molecule has 1 aliphatic rings. The molecule has 0 saturated carbocycles. The minimum atomic E-state index is 0.659. The maximum Gasteiger partial charge on any atom is 0.208 e. The standard InChI is InChI=1S/C52H36N4/c1-3-15-35(16-4-1)40-19-7-9-21-42(40)43-22-10-8-20-41(43)38-33-53-52(54-34-38)56-49-26-14-12-24-45(49)47-32-37(28-30-51(47)56)36-27-29-50-46(31-36)44-23-11-13-25-48(44)55(50)39-17-5-2-6-18-39/h1-33H,34H2,(H,53,54). The van der Waals surface area contributed by atoms with Gasteiger partial charge in [0.15, 0.2) is 0 Å². The van der Waals surface area contributed by atoms with Gasteiger partial charge in [0.1, 0.15) is 0 Å². The number of aliphatic imine (C=N–C) groups is 1. The van der Waals surface area contributed by atoms with Crippen LogP contribution in [-0.2, 0) is 0 Å². The van der Waals surface area contributed by atoms with Gasteiger partial charge in [-0.15, -0.1) is 0 Å². The van der Waals surface area contributed by atoms with Gasteiger partial charge in [0.2, 0.25) is 5.96 Å². The summed E-state index contributed by atoms with van der Waals surface area (Å²) in [5.41, 5.74) is 15.4. The first kappa shape index (κ1) is 32.0. The summed E-state index contributed by atoms with van der Waals surface area (Å²) in [7, 11) is 0. The maximum absolute atomic E-state index is 5.12. The number of aromatic nitrogens is 2. The molecule has 0 saturated heterocycles. The van der Waals surface area contributed by atoms with Gasteiger partial charge in [-0.05, 0) is 93.0 Å². The molecule has 11 rings (SSSR count). The number of para-hydroxylation sites is 3. The highest BCUT2D eigenvalue weighted by Gasteiger charge is 2.20. The second-order valence-corrected chi connectivity index (χ2v) is 14.4. The predicted octanol–water partition coefficient (Wildman–Crippen LogP) is 12.7. The molecule has 4 heteroatoms. The average Bonchev–Trinajstić information content (AvgIpc) is 3.79. The van der Waals surface area contributed by atoms with Crippen LogP contribution in [0.3, 0.4) is 0 Å². The molecule has 0 unspecified atom stereocenters. The minimum absolute atomic E-state index is 0.659. The van der Waals surface area contributed by atoms with Gasteiger partial charge in [0.25, 0.3) is 0 Å². The molecule has 1 aliphatic heterocycles. The molecule has 3 heterocycles. The molecule has 10 aromatic rings. The van der Waals surface area contributed by atoms with E-state index in [0.717, 1.165) is 22.6 Å². The molecule has 0 aliphatic carbocycles. The van der Waals surface area contributed by atoms with Gasteiger partial charge in [-0.1, -0.05) is 146 Å². The molecule has 1 N–H and O–H groups in total. The van der Waals surface area contributed by atoms with Gasteiger partial charge in [0, 0.05) is 40.0 Å². The van der Waals surface area contributed by atoms with Gasteiger partial charge >= 0.3 is 0 Å². The summed E-state index contributed by atoms with van der Waals surface area (Å²) in [5.74, 6) is 0.824. The lowest BCUT2D eigenvalue weighted by molar-refractivity contribution is 0.967. The molecule has 0 fully saturated rings. The smallest absolute Gasteiger partial charge is 0.208 e. The molecule has 0 amide bonds. The lowest BCUT2D eigenvalue weighted by atomic mass is 9.89. The topological polar surface area (TPSA) is 34.2 Å². The van der Waals surface area contributed by atoms with E-state index in [-0.39, 0.29) is 0 Å². The Kier molecular flexibility index (Phi) is 7.52. The molecule has 2 aromatic heterocycles. The van der Waals surface area contributed by atoms with E-state index < -0.39 is 0 Å². The van der Waals surface area contributed by atoms with Crippen LogP contribution in [0.5, 0.6) is 0 Å². The fourth-order valence-corrected chi connectivity index (χ4v) is 8.68. The number of fused-ring (bicyclic) bond motifs is 6. The van der Waals surface area contributed by atoms with E-state index >= 15 is 0 Å². The van der Waals surface area contributed by atoms with Crippen LogP contribution in [0.4, 0.5) is 0 Å². The van der Waals surface area contributed by atoms with E-state index in [9.17, 15) is 0 Å². The Morgan fingerprint density at radius 3 is 1.48 bits per heavy atom. The van der Waals surface area contributed by atoms with Crippen molar-refractivity contribution in [2.45, 2.75) is 0 Å². The van der Waals surface area contributed by atoms with Crippen molar-refractivity contribution in [1.82, 2.24) is 14.5 Å². The van der Waals surface area contributed by atoms with Crippen molar-refractivity contribution in [1.29, 1.82) is 0 Å². The van der Waals surface area contributed by atoms with Gasteiger partial charge in [-0.25, -0.2) is 4.99 Å². The van der Waals surface area contributed by atoms with Gasteiger partial charge < -0.3 is 9.88 Å². The highest BCUT2D eigenvalue weighted by atomic mass is 15.2. The third-order valence-electron chi connectivity index (χ3n) is 11.3. The zero-order valence-corrected chi connectivity index (χ0v) is 30.6. The Hall–Kier alpha value is -7.43. The van der Waals surface area contributed by atoms with Crippen LogP contribution in [0.25, 0.3) is 88.3 Å². The quantitative estimate of drug-likeness (QED) is 0.189. The van der Waals surface area contributed by atoms with E-state index in [1.54, 1.807) is 0 Å². The molecule has 0 radical (unpaired) electrons. The van der Waals surface area contributed by atoms with Crippen LogP contribution >= 0.6 is 0 Å². The Morgan fingerprint density at radius 2 is 0.857 bits per heavy atom. The predicted molar refractivity (Wildman–Crippen MR) is 235 cm³/mol. The Labute approximate surface area is 324 Å². The van der Waals surface area contributed by atoms with E-state index in [1.165, 1.54) is 77.2 Å². The normalized spacial score (nSPS) is 12.9. The molecular weight excluding hydrogens is 681 g/mol. The van der Waals surface area contributed by atoms with Crippen LogP contribution in [0.15, 0.2) is 205 Å². The Bertz CT molecular complexity index is 3180. The van der Waals surface area contributed by atoms with E-state index in [0.29, 0.717) is 6.54 Å². The van der Waals surface area contributed by atoms with Crippen molar-refractivity contribution in [2.24, 2.45) is 4.99 Å². The number of nitrogens with zero attached hydrogens (tertiary/aromatic N) is 3. The first-order valence-corrected chi connectivity index (χ1v) is 19.2. The number of benzene rings is 8. The minimum Gasteiger partial charge on any atom is -0.351 e. The third kappa shape index (κ3) is 5.19. The average molecular weight is 717 g/mol. The summed E-state index contributed by atoms with van der Waals surface area (Å²) in [6.07, 6.45) is 2.05. The van der Waals surface area contributed by atoms with Gasteiger partial charge in [-0.2, -0.15) is 0 Å². The van der Waals surface area contributed by atoms with Crippen LogP contribution in [-0.4, -0.2) is 21.6 Å². The molecule has 8 aromatic carbocycles. The second kappa shape index (κ2) is 13.2. The monoisotopic (exact) mass is 716 g/mol. The van der Waals surface area contributed by atoms with E-state index in [4.69, 9.17) is 4.99 Å². The van der Waals surface area contributed by atoms with Gasteiger partial charge in [0.05, 0.1) is 22.1 Å². The molecule has 264 valence electrons. The van der Waals surface area contributed by atoms with Crippen LogP contribution < -0.4 is 5.32 Å². The molecule has 0 spiro atoms. The number of hydrogen-bond acceptors (Lipinski definition) is 2. The van der Waals surface area contributed by atoms with Crippen molar-refractivity contribution >= 4 is 55.1 Å². The van der Waals surface area contributed by atoms with Crippen molar-refractivity contribution in [2.75, 3.05) is 6.54 Å². The van der Waals surface area contributed by atoms with Crippen LogP contribution in [0.2, 0.25) is 0 Å². The molecule has 56 heavy (non-hydrogen) atoms. The summed E-state index contributed by atoms with van der Waals surface area (Å²) in [6.45, 7) is 0.659. The first-order chi connectivity index (χ1) is 27.8. The maximum atomic E-state index is 5.12. The van der Waals surface area contributed by atoms with Crippen molar-refractivity contribution in [3.05, 3.63) is 206 Å². The van der Waals surface area contributed by atoms with E-state index in [2.05, 4.69) is 209 Å². The second-order valence-electron chi connectivity index (χ2n) is 14.4. The zero-order valence-electron chi connectivity index (χ0n) is 30.6. The molecular formula is C52H36N4. The highest BCUT2D eigenvalue weighted by Crippen LogP contribution is 2.39. The fourth-order valence-electron chi connectivity index (χ4n) is 8.68. The van der Waals surface area contributed by atoms with Crippen LogP contribution in [0, 0.1) is 0 Å². The largest absolute Gasteiger partial charge is 0.351 e. The summed E-state index contributed by atoms with van der Waals surface area (Å²) >= 11 is 0. The Balaban J connectivity index is 0.997. The third-order valence-corrected chi connectivity index (χ3v) is 11.3. The first-order valence-electron chi connectivity index (χ1n) is 19.2. The fraction of sp³-hybridized carbons (Fsp3) is 0.0192. The van der Waals surface area contributed by atoms with Crippen LogP contribution in [0.1, 0.15) is 5.56 Å². The number of rotatable bonds is 5. The molecule has 0 atom stereocenters.